The summed E-state index contributed by atoms with van der Waals surface area (Å²) >= 11 is 0. The Labute approximate surface area is 159 Å². The zero-order valence-corrected chi connectivity index (χ0v) is 16.2. The van der Waals surface area contributed by atoms with Crippen LogP contribution in [0.1, 0.15) is 38.9 Å². The summed E-state index contributed by atoms with van der Waals surface area (Å²) in [6.07, 6.45) is 3.65. The van der Waals surface area contributed by atoms with E-state index >= 15 is 0 Å². The van der Waals surface area contributed by atoms with Gasteiger partial charge in [0.15, 0.2) is 5.82 Å². The van der Waals surface area contributed by atoms with Crippen LogP contribution in [-0.2, 0) is 22.6 Å². The van der Waals surface area contributed by atoms with Crippen LogP contribution < -0.4 is 5.73 Å². The van der Waals surface area contributed by atoms with Crippen molar-refractivity contribution < 1.29 is 9.63 Å². The Bertz CT molecular complexity index is 950. The molecule has 0 saturated carbocycles. The Morgan fingerprint density at radius 1 is 1.26 bits per heavy atom. The summed E-state index contributed by atoms with van der Waals surface area (Å²) in [5, 5.41) is 2.45. The van der Waals surface area contributed by atoms with Gasteiger partial charge in [-0.2, -0.15) is 0 Å². The number of imidazole rings is 1. The minimum Gasteiger partial charge on any atom is -0.382 e. The third kappa shape index (κ3) is 3.88. The first-order valence-corrected chi connectivity index (χ1v) is 9.42. The number of carbonyl (C=O) groups is 1. The fraction of sp³-hybridized carbons (Fsp3) is 0.450. The van der Waals surface area contributed by atoms with Crippen molar-refractivity contribution in [2.24, 2.45) is 0 Å². The second-order valence-corrected chi connectivity index (χ2v) is 6.65. The van der Waals surface area contributed by atoms with Crippen LogP contribution in [0.5, 0.6) is 0 Å². The Kier molecular flexibility index (Phi) is 5.91. The van der Waals surface area contributed by atoms with Gasteiger partial charge in [0.1, 0.15) is 11.3 Å². The molecule has 144 valence electrons. The highest BCUT2D eigenvalue weighted by Crippen LogP contribution is 2.29. The molecule has 2 aromatic heterocycles. The van der Waals surface area contributed by atoms with Gasteiger partial charge in [-0.25, -0.2) is 15.0 Å². The van der Waals surface area contributed by atoms with Gasteiger partial charge < -0.3 is 10.3 Å². The number of aryl methyl sites for hydroxylation is 2. The van der Waals surface area contributed by atoms with Crippen molar-refractivity contribution >= 4 is 33.7 Å². The highest BCUT2D eigenvalue weighted by Gasteiger charge is 2.16. The molecule has 0 spiro atoms. The number of hydroxylamine groups is 2. The largest absolute Gasteiger partial charge is 0.382 e. The van der Waals surface area contributed by atoms with Gasteiger partial charge in [0.05, 0.1) is 18.1 Å². The van der Waals surface area contributed by atoms with Crippen LogP contribution in [-0.4, -0.2) is 39.2 Å². The molecule has 3 aromatic rings. The fourth-order valence-electron chi connectivity index (χ4n) is 3.46. The molecule has 0 atom stereocenters. The fourth-order valence-corrected chi connectivity index (χ4v) is 3.46. The SMILES string of the molecule is CCCc1nc2c(N)nc3ccccc3c2n1CCCCN(OC)C(C)=O. The van der Waals surface area contributed by atoms with Gasteiger partial charge >= 0.3 is 0 Å². The number of carbonyl (C=O) groups excluding carboxylic acids is 1. The maximum absolute atomic E-state index is 11.5. The first-order chi connectivity index (χ1) is 13.1. The number of amides is 1. The number of nitrogen functional groups attached to an aromatic ring is 1. The van der Waals surface area contributed by atoms with Gasteiger partial charge in [-0.3, -0.25) is 9.63 Å². The van der Waals surface area contributed by atoms with Crippen LogP contribution in [0.2, 0.25) is 0 Å². The van der Waals surface area contributed by atoms with E-state index in [9.17, 15) is 4.79 Å². The summed E-state index contributed by atoms with van der Waals surface area (Å²) in [6, 6.07) is 8.03. The van der Waals surface area contributed by atoms with Crippen molar-refractivity contribution in [3.63, 3.8) is 0 Å². The lowest BCUT2D eigenvalue weighted by molar-refractivity contribution is -0.173. The van der Waals surface area contributed by atoms with E-state index in [1.54, 1.807) is 0 Å². The lowest BCUT2D eigenvalue weighted by Gasteiger charge is -2.17. The molecule has 27 heavy (non-hydrogen) atoms. The predicted molar refractivity (Wildman–Crippen MR) is 107 cm³/mol. The summed E-state index contributed by atoms with van der Waals surface area (Å²) in [5.41, 5.74) is 8.91. The molecule has 0 unspecified atom stereocenters. The minimum atomic E-state index is -0.0814. The quantitative estimate of drug-likeness (QED) is 0.486. The number of hydrogen-bond acceptors (Lipinski definition) is 5. The second kappa shape index (κ2) is 8.35. The molecule has 1 amide bonds. The van der Waals surface area contributed by atoms with Crippen molar-refractivity contribution in [2.45, 2.75) is 46.1 Å². The van der Waals surface area contributed by atoms with Crippen LogP contribution in [0.3, 0.4) is 0 Å². The van der Waals surface area contributed by atoms with Crippen LogP contribution in [0.25, 0.3) is 21.9 Å². The Morgan fingerprint density at radius 3 is 2.74 bits per heavy atom. The minimum absolute atomic E-state index is 0.0814. The lowest BCUT2D eigenvalue weighted by atomic mass is 10.2. The van der Waals surface area contributed by atoms with E-state index in [1.807, 2.05) is 18.2 Å². The van der Waals surface area contributed by atoms with Gasteiger partial charge in [0, 0.05) is 31.8 Å². The molecular formula is C20H27N5O2. The summed E-state index contributed by atoms with van der Waals surface area (Å²) in [4.78, 5) is 25.9. The third-order valence-corrected chi connectivity index (χ3v) is 4.73. The molecule has 0 aliphatic rings. The molecule has 2 heterocycles. The number of rotatable bonds is 8. The molecule has 0 fully saturated rings. The predicted octanol–water partition coefficient (Wildman–Crippen LogP) is 3.31. The van der Waals surface area contributed by atoms with E-state index in [0.717, 1.165) is 60.0 Å². The lowest BCUT2D eigenvalue weighted by Crippen LogP contribution is -2.28. The maximum Gasteiger partial charge on any atom is 0.242 e. The molecule has 2 N–H and O–H groups in total. The zero-order chi connectivity index (χ0) is 19.4. The number of unbranched alkanes of at least 4 members (excludes halogenated alkanes) is 1. The zero-order valence-electron chi connectivity index (χ0n) is 16.2. The molecule has 3 rings (SSSR count). The number of anilines is 1. The highest BCUT2D eigenvalue weighted by molar-refractivity contribution is 6.06. The monoisotopic (exact) mass is 369 g/mol. The van der Waals surface area contributed by atoms with Gasteiger partial charge in [-0.05, 0) is 25.3 Å². The summed E-state index contributed by atoms with van der Waals surface area (Å²) in [7, 11) is 1.52. The molecule has 0 aliphatic carbocycles. The standard InChI is InChI=1S/C20H27N5O2/c1-4-9-17-23-18-19(15-10-5-6-11-16(15)22-20(18)21)24(17)12-7-8-13-25(27-3)14(2)26/h5-6,10-11H,4,7-9,12-13H2,1-3H3,(H2,21,22). The van der Waals surface area contributed by atoms with Crippen molar-refractivity contribution in [3.8, 4) is 0 Å². The summed E-state index contributed by atoms with van der Waals surface area (Å²) < 4.78 is 2.27. The summed E-state index contributed by atoms with van der Waals surface area (Å²) in [6.45, 7) is 5.04. The number of hydrogen-bond donors (Lipinski definition) is 1. The molecule has 7 heteroatoms. The van der Waals surface area contributed by atoms with Crippen molar-refractivity contribution in [2.75, 3.05) is 19.4 Å². The van der Waals surface area contributed by atoms with Crippen LogP contribution in [0, 0.1) is 0 Å². The topological polar surface area (TPSA) is 86.3 Å². The number of para-hydroxylation sites is 1. The van der Waals surface area contributed by atoms with Crippen molar-refractivity contribution in [1.29, 1.82) is 0 Å². The van der Waals surface area contributed by atoms with E-state index in [1.165, 1.54) is 19.1 Å². The van der Waals surface area contributed by atoms with Crippen LogP contribution in [0.15, 0.2) is 24.3 Å². The number of fused-ring (bicyclic) bond motifs is 3. The molecule has 7 nitrogen and oxygen atoms in total. The van der Waals surface area contributed by atoms with Crippen molar-refractivity contribution in [3.05, 3.63) is 30.1 Å². The average Bonchev–Trinajstić information content (AvgIpc) is 3.01. The van der Waals surface area contributed by atoms with Gasteiger partial charge in [-0.15, -0.1) is 0 Å². The van der Waals surface area contributed by atoms with Gasteiger partial charge in [-0.1, -0.05) is 25.1 Å². The van der Waals surface area contributed by atoms with Crippen LogP contribution >= 0.6 is 0 Å². The van der Waals surface area contributed by atoms with Gasteiger partial charge in [0.2, 0.25) is 5.91 Å². The van der Waals surface area contributed by atoms with Gasteiger partial charge in [0.25, 0.3) is 0 Å². The average molecular weight is 369 g/mol. The molecule has 1 aromatic carbocycles. The third-order valence-electron chi connectivity index (χ3n) is 4.73. The molecule has 0 saturated heterocycles. The second-order valence-electron chi connectivity index (χ2n) is 6.65. The number of pyridine rings is 1. The Balaban J connectivity index is 1.93. The number of aromatic nitrogens is 3. The van der Waals surface area contributed by atoms with E-state index in [-0.39, 0.29) is 5.91 Å². The Morgan fingerprint density at radius 2 is 2.04 bits per heavy atom. The molecule has 0 radical (unpaired) electrons. The van der Waals surface area contributed by atoms with E-state index < -0.39 is 0 Å². The number of nitrogens with zero attached hydrogens (tertiary/aromatic N) is 4. The normalized spacial score (nSPS) is 11.4. The van der Waals surface area contributed by atoms with Crippen LogP contribution in [0.4, 0.5) is 5.82 Å². The molecular weight excluding hydrogens is 342 g/mol. The maximum atomic E-state index is 11.5. The van der Waals surface area contributed by atoms with E-state index in [4.69, 9.17) is 15.6 Å². The van der Waals surface area contributed by atoms with Crippen molar-refractivity contribution in [1.82, 2.24) is 19.6 Å². The number of nitrogens with two attached hydrogens (primary N) is 1. The molecule has 0 bridgehead atoms. The Hall–Kier alpha value is -2.67. The summed E-state index contributed by atoms with van der Waals surface area (Å²) in [5.74, 6) is 1.43. The van der Waals surface area contributed by atoms with E-state index in [0.29, 0.717) is 12.4 Å². The molecule has 0 aliphatic heterocycles. The van der Waals surface area contributed by atoms with E-state index in [2.05, 4.69) is 22.5 Å². The first kappa shape index (κ1) is 19.1. The highest BCUT2D eigenvalue weighted by atomic mass is 16.7. The smallest absolute Gasteiger partial charge is 0.242 e. The number of benzene rings is 1. The first-order valence-electron chi connectivity index (χ1n) is 9.42.